The highest BCUT2D eigenvalue weighted by Crippen LogP contribution is 2.32. The Hall–Kier alpha value is -0.210. The number of hydrogen-bond donors (Lipinski definition) is 0. The molecule has 0 aromatic heterocycles. The molecule has 0 unspecified atom stereocenters. The number of unbranched alkanes of at least 4 members (excludes halogenated alkanes) is 1. The smallest absolute Gasteiger partial charge is 0.331 e. The third kappa shape index (κ3) is 10.3. The lowest BCUT2D eigenvalue weighted by molar-refractivity contribution is -0.870. The van der Waals surface area contributed by atoms with Crippen molar-refractivity contribution in [3.05, 3.63) is 0 Å². The Bertz CT molecular complexity index is 518. The Morgan fingerprint density at radius 1 is 0.826 bits per heavy atom. The van der Waals surface area contributed by atoms with Crippen LogP contribution in [-0.2, 0) is 27.6 Å². The standard InChI is InChI=1S/C7H18N.C2F6O4S3/c1-5-6-7-8(2,3)4;3-1(4,5)14(9,10)13-15(11,12)2(6,7)8/h5-7H2,1-4H3;/q+1;/p+1. The first kappa shape index (κ1) is 25.0. The van der Waals surface area contributed by atoms with Crippen molar-refractivity contribution in [2.75, 3.05) is 27.7 Å². The second-order valence-electron chi connectivity index (χ2n) is 5.28. The minimum absolute atomic E-state index is 1.10. The van der Waals surface area contributed by atoms with Gasteiger partial charge in [-0.05, 0) is 6.42 Å². The third-order valence-corrected chi connectivity index (χ3v) is 9.48. The molecule has 0 saturated heterocycles. The number of hydrogen-bond acceptors (Lipinski definition) is 4. The van der Waals surface area contributed by atoms with Gasteiger partial charge in [0.05, 0.1) is 27.7 Å². The Morgan fingerprint density at radius 2 is 1.13 bits per heavy atom. The first-order valence-corrected chi connectivity index (χ1v) is 11.0. The number of thiol groups is 1. The lowest BCUT2D eigenvalue weighted by Crippen LogP contribution is -2.35. The molecule has 0 N–H and O–H groups in total. The van der Waals surface area contributed by atoms with Gasteiger partial charge in [-0.15, -0.1) is 0 Å². The quantitative estimate of drug-likeness (QED) is 0.226. The van der Waals surface area contributed by atoms with Crippen LogP contribution in [0.5, 0.6) is 0 Å². The number of rotatable bonds is 5. The maximum absolute atomic E-state index is 11.5. The molecule has 0 aromatic carbocycles. The lowest BCUT2D eigenvalue weighted by atomic mass is 10.3. The van der Waals surface area contributed by atoms with E-state index in [0.29, 0.717) is 0 Å². The summed E-state index contributed by atoms with van der Waals surface area (Å²) in [6.07, 6.45) is 2.67. The van der Waals surface area contributed by atoms with Gasteiger partial charge in [0, 0.05) is 0 Å². The van der Waals surface area contributed by atoms with Crippen molar-refractivity contribution in [1.29, 1.82) is 0 Å². The van der Waals surface area contributed by atoms with Gasteiger partial charge in [-0.2, -0.15) is 43.2 Å². The summed E-state index contributed by atoms with van der Waals surface area (Å²) in [6.45, 7) is 3.53. The molecule has 0 aliphatic heterocycles. The van der Waals surface area contributed by atoms with E-state index in [9.17, 15) is 43.2 Å². The molecule has 0 amide bonds. The van der Waals surface area contributed by atoms with Crippen molar-refractivity contribution in [2.45, 2.75) is 30.8 Å². The van der Waals surface area contributed by atoms with E-state index in [2.05, 4.69) is 28.1 Å². The van der Waals surface area contributed by atoms with E-state index in [0.717, 1.165) is 4.48 Å². The van der Waals surface area contributed by atoms with Crippen molar-refractivity contribution in [1.82, 2.24) is 0 Å². The van der Waals surface area contributed by atoms with Crippen LogP contribution in [0.4, 0.5) is 26.3 Å². The molecular weight excluding hydrogens is 396 g/mol. The van der Waals surface area contributed by atoms with Crippen LogP contribution in [-0.4, -0.2) is 60.0 Å². The molecular formula is C9H19F6NO4S3+2. The molecule has 0 atom stereocenters. The van der Waals surface area contributed by atoms with Crippen molar-refractivity contribution >= 4 is 27.6 Å². The Balaban J connectivity index is 0. The second kappa shape index (κ2) is 8.25. The van der Waals surface area contributed by atoms with Crippen LogP contribution in [0.1, 0.15) is 19.8 Å². The molecule has 0 saturated carbocycles. The molecule has 0 rings (SSSR count). The van der Waals surface area contributed by atoms with Gasteiger partial charge in [0.15, 0.2) is 0 Å². The zero-order valence-electron chi connectivity index (χ0n) is 12.7. The molecule has 5 nitrogen and oxygen atoms in total. The van der Waals surface area contributed by atoms with E-state index in [4.69, 9.17) is 0 Å². The number of halogens is 6. The zero-order chi connectivity index (χ0) is 19.3. The Labute approximate surface area is 134 Å². The van der Waals surface area contributed by atoms with Gasteiger partial charge >= 0.3 is 28.8 Å². The summed E-state index contributed by atoms with van der Waals surface area (Å²) >= 11 is 0. The average Bonchev–Trinajstić information content (AvgIpc) is 2.21. The maximum Gasteiger partial charge on any atom is 0.545 e. The summed E-state index contributed by atoms with van der Waals surface area (Å²) in [7, 11) is -8.81. The summed E-state index contributed by atoms with van der Waals surface area (Å²) in [6, 6.07) is 0. The van der Waals surface area contributed by atoms with Crippen LogP contribution in [0.15, 0.2) is 0 Å². The second-order valence-corrected chi connectivity index (χ2v) is 12.9. The van der Waals surface area contributed by atoms with Gasteiger partial charge in [0.1, 0.15) is 0 Å². The Morgan fingerprint density at radius 3 is 1.26 bits per heavy atom. The highest BCUT2D eigenvalue weighted by molar-refractivity contribution is 8.94. The first-order valence-electron chi connectivity index (χ1n) is 5.94. The molecule has 23 heavy (non-hydrogen) atoms. The monoisotopic (exact) mass is 415 g/mol. The average molecular weight is 415 g/mol. The molecule has 0 spiro atoms. The predicted molar refractivity (Wildman–Crippen MR) is 76.5 cm³/mol. The van der Waals surface area contributed by atoms with E-state index in [1.165, 1.54) is 19.4 Å². The normalized spacial score (nSPS) is 14.2. The van der Waals surface area contributed by atoms with Crippen LogP contribution in [0, 0.1) is 0 Å². The summed E-state index contributed by atoms with van der Waals surface area (Å²) in [5.74, 6) is 0. The molecule has 0 aliphatic carbocycles. The molecule has 14 heteroatoms. The van der Waals surface area contributed by atoms with Crippen molar-refractivity contribution in [2.24, 2.45) is 0 Å². The van der Waals surface area contributed by atoms with E-state index in [1.807, 2.05) is 0 Å². The molecule has 0 aliphatic rings. The van der Waals surface area contributed by atoms with Gasteiger partial charge in [0.2, 0.25) is 9.83 Å². The van der Waals surface area contributed by atoms with Crippen LogP contribution < -0.4 is 0 Å². The molecule has 0 fully saturated rings. The maximum atomic E-state index is 11.5. The topological polar surface area (TPSA) is 68.3 Å². The highest BCUT2D eigenvalue weighted by atomic mass is 33.5. The number of nitrogens with zero attached hydrogens (tertiary/aromatic N) is 1. The number of quaternary nitrogens is 1. The molecule has 0 aromatic rings. The fourth-order valence-electron chi connectivity index (χ4n) is 0.846. The first-order chi connectivity index (χ1) is 9.77. The van der Waals surface area contributed by atoms with Gasteiger partial charge in [-0.1, -0.05) is 13.3 Å². The van der Waals surface area contributed by atoms with E-state index in [-0.39, 0.29) is 0 Å². The molecule has 0 bridgehead atoms. The van der Waals surface area contributed by atoms with Crippen molar-refractivity contribution in [3.8, 4) is 0 Å². The summed E-state index contributed by atoms with van der Waals surface area (Å²) in [5.41, 5.74) is -12.1. The zero-order valence-corrected chi connectivity index (χ0v) is 15.3. The molecule has 0 radical (unpaired) electrons. The fourth-order valence-corrected chi connectivity index (χ4v) is 6.40. The van der Waals surface area contributed by atoms with Gasteiger partial charge < -0.3 is 4.48 Å². The van der Waals surface area contributed by atoms with E-state index in [1.54, 1.807) is 0 Å². The predicted octanol–water partition coefficient (Wildman–Crippen LogP) is 1.99. The van der Waals surface area contributed by atoms with Crippen LogP contribution in [0.25, 0.3) is 0 Å². The summed E-state index contributed by atoms with van der Waals surface area (Å²) in [4.78, 5) is 0. The fraction of sp³-hybridized carbons (Fsp3) is 1.00. The van der Waals surface area contributed by atoms with Crippen molar-refractivity contribution in [3.63, 3.8) is 0 Å². The van der Waals surface area contributed by atoms with Crippen molar-refractivity contribution < 1.29 is 47.7 Å². The third-order valence-electron chi connectivity index (χ3n) is 1.96. The van der Waals surface area contributed by atoms with E-state index >= 15 is 0 Å². The van der Waals surface area contributed by atoms with Crippen LogP contribution in [0.3, 0.4) is 0 Å². The Kier molecular flexibility index (Phi) is 8.98. The van der Waals surface area contributed by atoms with E-state index < -0.39 is 38.6 Å². The summed E-state index contributed by atoms with van der Waals surface area (Å²) < 4.78 is 111. The van der Waals surface area contributed by atoms with Crippen LogP contribution in [0.2, 0.25) is 0 Å². The largest absolute Gasteiger partial charge is 0.545 e. The minimum Gasteiger partial charge on any atom is -0.331 e. The highest BCUT2D eigenvalue weighted by Gasteiger charge is 2.63. The van der Waals surface area contributed by atoms with Gasteiger partial charge in [-0.25, -0.2) is 0 Å². The molecule has 142 valence electrons. The summed E-state index contributed by atoms with van der Waals surface area (Å²) in [5, 5.41) is 0. The lowest BCUT2D eigenvalue weighted by Gasteiger charge is -2.23. The van der Waals surface area contributed by atoms with Gasteiger partial charge in [0.25, 0.3) is 0 Å². The van der Waals surface area contributed by atoms with Crippen LogP contribution >= 0.6 is 0 Å². The molecule has 0 heterocycles. The minimum atomic E-state index is -6.37. The number of alkyl halides is 6. The van der Waals surface area contributed by atoms with Gasteiger partial charge in [-0.3, -0.25) is 0 Å². The SMILES string of the molecule is CCCC[N+](C)(C)C.O=S(=O)([SH+]S(=O)(=O)C(F)(F)F)C(F)(F)F.